The number of amides is 1. The molecule has 3 N–H and O–H groups in total. The van der Waals surface area contributed by atoms with Crippen LogP contribution in [0.1, 0.15) is 0 Å². The Morgan fingerprint density at radius 2 is 2.10 bits per heavy atom. The fourth-order valence-corrected chi connectivity index (χ4v) is 1.82. The maximum absolute atomic E-state index is 11.5. The van der Waals surface area contributed by atoms with Gasteiger partial charge in [0.2, 0.25) is 5.91 Å². The number of ether oxygens (including phenoxy) is 1. The first-order chi connectivity index (χ1) is 10.1. The Hall–Kier alpha value is -2.83. The first-order valence-electron chi connectivity index (χ1n) is 6.25. The molecule has 1 heterocycles. The molecule has 1 aromatic carbocycles. The van der Waals surface area contributed by atoms with Gasteiger partial charge < -0.3 is 20.5 Å². The zero-order valence-electron chi connectivity index (χ0n) is 11.4. The minimum atomic E-state index is -1.09. The van der Waals surface area contributed by atoms with Crippen LogP contribution in [-0.2, 0) is 9.59 Å². The van der Waals surface area contributed by atoms with Crippen LogP contribution < -0.4 is 15.4 Å². The molecule has 1 amide bonds. The number of aliphatic carboxylic acids is 1. The van der Waals surface area contributed by atoms with E-state index in [0.29, 0.717) is 11.6 Å². The minimum Gasteiger partial charge on any atom is -0.497 e. The van der Waals surface area contributed by atoms with Gasteiger partial charge in [0.25, 0.3) is 0 Å². The summed E-state index contributed by atoms with van der Waals surface area (Å²) in [4.78, 5) is 26.0. The lowest BCUT2D eigenvalue weighted by Gasteiger charge is -2.09. The summed E-state index contributed by atoms with van der Waals surface area (Å²) in [6, 6.07) is 7.40. The van der Waals surface area contributed by atoms with Gasteiger partial charge in [0.05, 0.1) is 13.7 Å². The van der Waals surface area contributed by atoms with E-state index in [0.717, 1.165) is 10.8 Å². The minimum absolute atomic E-state index is 0.0589. The van der Waals surface area contributed by atoms with E-state index in [9.17, 15) is 9.59 Å². The number of carbonyl (C=O) groups excluding carboxylic acids is 1. The molecule has 0 aliphatic carbocycles. The molecule has 0 atom stereocenters. The van der Waals surface area contributed by atoms with Gasteiger partial charge in [-0.2, -0.15) is 0 Å². The highest BCUT2D eigenvalue weighted by Gasteiger charge is 2.07. The Kier molecular flexibility index (Phi) is 4.55. The van der Waals surface area contributed by atoms with Crippen molar-refractivity contribution < 1.29 is 19.4 Å². The second-order valence-electron chi connectivity index (χ2n) is 4.27. The van der Waals surface area contributed by atoms with Gasteiger partial charge in [-0.25, -0.2) is 4.98 Å². The monoisotopic (exact) mass is 289 g/mol. The highest BCUT2D eigenvalue weighted by atomic mass is 16.5. The molecule has 7 heteroatoms. The van der Waals surface area contributed by atoms with Crippen LogP contribution in [0.15, 0.2) is 30.5 Å². The number of hydrogen-bond acceptors (Lipinski definition) is 5. The fraction of sp³-hybridized carbons (Fsp3) is 0.214. The molecule has 7 nitrogen and oxygen atoms in total. The third-order valence-electron chi connectivity index (χ3n) is 2.83. The molecular weight excluding hydrogens is 274 g/mol. The van der Waals surface area contributed by atoms with E-state index in [1.165, 1.54) is 0 Å². The largest absolute Gasteiger partial charge is 0.497 e. The Morgan fingerprint density at radius 1 is 1.29 bits per heavy atom. The number of carboxylic acid groups (broad SMARTS) is 1. The van der Waals surface area contributed by atoms with E-state index in [1.807, 2.05) is 24.3 Å². The maximum Gasteiger partial charge on any atom is 0.322 e. The quantitative estimate of drug-likeness (QED) is 0.729. The summed E-state index contributed by atoms with van der Waals surface area (Å²) in [5, 5.41) is 15.4. The zero-order valence-corrected chi connectivity index (χ0v) is 11.4. The summed E-state index contributed by atoms with van der Waals surface area (Å²) in [5.74, 6) is -0.277. The first kappa shape index (κ1) is 14.6. The fourth-order valence-electron chi connectivity index (χ4n) is 1.82. The van der Waals surface area contributed by atoms with Crippen LogP contribution in [0.25, 0.3) is 10.8 Å². The van der Waals surface area contributed by atoms with E-state index in [4.69, 9.17) is 9.84 Å². The number of fused-ring (bicyclic) bond motifs is 1. The van der Waals surface area contributed by atoms with Gasteiger partial charge in [-0.3, -0.25) is 9.59 Å². The predicted octanol–water partition coefficient (Wildman–Crippen LogP) is 0.856. The molecule has 0 saturated heterocycles. The normalized spacial score (nSPS) is 10.1. The Bertz CT molecular complexity index is 672. The van der Waals surface area contributed by atoms with E-state index in [1.54, 1.807) is 13.3 Å². The van der Waals surface area contributed by atoms with Gasteiger partial charge in [0.1, 0.15) is 18.1 Å². The summed E-state index contributed by atoms with van der Waals surface area (Å²) < 4.78 is 5.17. The second-order valence-corrected chi connectivity index (χ2v) is 4.27. The molecule has 21 heavy (non-hydrogen) atoms. The number of rotatable bonds is 6. The van der Waals surface area contributed by atoms with Crippen molar-refractivity contribution in [2.24, 2.45) is 0 Å². The molecular formula is C14H15N3O4. The first-order valence-corrected chi connectivity index (χ1v) is 6.25. The number of carboxylic acids is 1. The van der Waals surface area contributed by atoms with Gasteiger partial charge in [0, 0.05) is 11.6 Å². The number of aromatic nitrogens is 1. The Labute approximate surface area is 120 Å². The van der Waals surface area contributed by atoms with Gasteiger partial charge in [-0.15, -0.1) is 0 Å². The van der Waals surface area contributed by atoms with Crippen LogP contribution in [0.5, 0.6) is 5.75 Å². The number of nitrogens with zero attached hydrogens (tertiary/aromatic N) is 1. The van der Waals surface area contributed by atoms with E-state index >= 15 is 0 Å². The summed E-state index contributed by atoms with van der Waals surface area (Å²) in [6.45, 7) is -0.464. The number of benzene rings is 1. The average Bonchev–Trinajstić information content (AvgIpc) is 2.50. The standard InChI is InChI=1S/C14H15N3O4/c1-21-10-3-2-9-4-5-15-14(11(9)6-10)17-7-12(18)16-8-13(19)20/h2-6H,7-8H2,1H3,(H,15,17)(H,16,18)(H,19,20). The summed E-state index contributed by atoms with van der Waals surface area (Å²) in [7, 11) is 1.57. The molecule has 2 aromatic rings. The van der Waals surface area contributed by atoms with Crippen LogP contribution in [-0.4, -0.2) is 42.2 Å². The number of carbonyl (C=O) groups is 2. The van der Waals surface area contributed by atoms with Crippen molar-refractivity contribution in [3.63, 3.8) is 0 Å². The molecule has 0 aliphatic heterocycles. The molecule has 0 spiro atoms. The van der Waals surface area contributed by atoms with Crippen molar-refractivity contribution in [2.45, 2.75) is 0 Å². The number of methoxy groups -OCH3 is 1. The maximum atomic E-state index is 11.5. The summed E-state index contributed by atoms with van der Waals surface area (Å²) in [5.41, 5.74) is 0. The Balaban J connectivity index is 2.11. The highest BCUT2D eigenvalue weighted by molar-refractivity contribution is 5.94. The molecule has 0 aliphatic rings. The molecule has 0 unspecified atom stereocenters. The molecule has 2 rings (SSSR count). The third kappa shape index (κ3) is 3.82. The van der Waals surface area contributed by atoms with Gasteiger partial charge in [-0.05, 0) is 23.6 Å². The molecule has 110 valence electrons. The van der Waals surface area contributed by atoms with E-state index in [-0.39, 0.29) is 6.54 Å². The SMILES string of the molecule is COc1ccc2ccnc(NCC(=O)NCC(=O)O)c2c1. The van der Waals surface area contributed by atoms with Crippen LogP contribution in [0.4, 0.5) is 5.82 Å². The molecule has 0 bridgehead atoms. The predicted molar refractivity (Wildman–Crippen MR) is 77.4 cm³/mol. The van der Waals surface area contributed by atoms with Crippen molar-refractivity contribution in [1.82, 2.24) is 10.3 Å². The third-order valence-corrected chi connectivity index (χ3v) is 2.83. The molecule has 0 saturated carbocycles. The van der Waals surface area contributed by atoms with Crippen molar-refractivity contribution in [3.8, 4) is 5.75 Å². The molecule has 1 aromatic heterocycles. The van der Waals surface area contributed by atoms with Crippen molar-refractivity contribution in [2.75, 3.05) is 25.5 Å². The van der Waals surface area contributed by atoms with Crippen molar-refractivity contribution >= 4 is 28.5 Å². The van der Waals surface area contributed by atoms with E-state index < -0.39 is 18.4 Å². The number of pyridine rings is 1. The topological polar surface area (TPSA) is 101 Å². The van der Waals surface area contributed by atoms with Crippen LogP contribution >= 0.6 is 0 Å². The molecule has 0 radical (unpaired) electrons. The number of anilines is 1. The highest BCUT2D eigenvalue weighted by Crippen LogP contribution is 2.25. The van der Waals surface area contributed by atoms with Crippen molar-refractivity contribution in [1.29, 1.82) is 0 Å². The number of nitrogens with one attached hydrogen (secondary N) is 2. The Morgan fingerprint density at radius 3 is 2.81 bits per heavy atom. The lowest BCUT2D eigenvalue weighted by molar-refractivity contribution is -0.137. The lowest BCUT2D eigenvalue weighted by atomic mass is 10.1. The van der Waals surface area contributed by atoms with Crippen LogP contribution in [0, 0.1) is 0 Å². The second kappa shape index (κ2) is 6.56. The van der Waals surface area contributed by atoms with Gasteiger partial charge >= 0.3 is 5.97 Å². The zero-order chi connectivity index (χ0) is 15.2. The van der Waals surface area contributed by atoms with Crippen molar-refractivity contribution in [3.05, 3.63) is 30.5 Å². The number of hydrogen-bond donors (Lipinski definition) is 3. The van der Waals surface area contributed by atoms with Gasteiger partial charge in [0.15, 0.2) is 0 Å². The summed E-state index contributed by atoms with van der Waals surface area (Å²) in [6.07, 6.45) is 1.63. The molecule has 0 fully saturated rings. The van der Waals surface area contributed by atoms with Gasteiger partial charge in [-0.1, -0.05) is 6.07 Å². The lowest BCUT2D eigenvalue weighted by Crippen LogP contribution is -2.34. The van der Waals surface area contributed by atoms with Crippen LogP contribution in [0.2, 0.25) is 0 Å². The average molecular weight is 289 g/mol. The van der Waals surface area contributed by atoms with E-state index in [2.05, 4.69) is 15.6 Å². The summed E-state index contributed by atoms with van der Waals surface area (Å²) >= 11 is 0. The van der Waals surface area contributed by atoms with Crippen LogP contribution in [0.3, 0.4) is 0 Å². The smallest absolute Gasteiger partial charge is 0.322 e.